The van der Waals surface area contributed by atoms with E-state index in [0.29, 0.717) is 4.90 Å². The molecule has 0 saturated heterocycles. The fourth-order valence-corrected chi connectivity index (χ4v) is 1.61. The summed E-state index contributed by atoms with van der Waals surface area (Å²) in [5.74, 6) is -0.959. The predicted octanol–water partition coefficient (Wildman–Crippen LogP) is 2.86. The number of benzene rings is 1. The van der Waals surface area contributed by atoms with Gasteiger partial charge in [0.15, 0.2) is 0 Å². The van der Waals surface area contributed by atoms with E-state index in [4.69, 9.17) is 10.7 Å². The summed E-state index contributed by atoms with van der Waals surface area (Å²) < 4.78 is 17.2. The van der Waals surface area contributed by atoms with Crippen molar-refractivity contribution in [1.82, 2.24) is 0 Å². The molecule has 0 aliphatic rings. The number of carbonyl (C=O) groups is 1. The minimum Gasteiger partial charge on any atom is -0.465 e. The lowest BCUT2D eigenvalue weighted by Gasteiger charge is -2.03. The Morgan fingerprint density at radius 3 is 2.85 bits per heavy atom. The Morgan fingerprint density at radius 1 is 1.62 bits per heavy atom. The van der Waals surface area contributed by atoms with Crippen LogP contribution in [0, 0.1) is 5.82 Å². The predicted molar refractivity (Wildman–Crippen MR) is 49.4 cm³/mol. The molecular weight excluding hydrogens is 215 g/mol. The second-order valence-corrected chi connectivity index (χ2v) is 3.27. The van der Waals surface area contributed by atoms with Crippen molar-refractivity contribution in [1.29, 1.82) is 0 Å². The van der Waals surface area contributed by atoms with E-state index in [0.717, 1.165) is 11.0 Å². The summed E-state index contributed by atoms with van der Waals surface area (Å²) in [6.45, 7) is 0. The standard InChI is InChI=1S/C8H6ClFO2S/c1-12-8(11)6-3-2-5(10)4-7(6)13-9/h2-4H,1H3. The molecule has 0 fully saturated rings. The molecule has 0 amide bonds. The molecule has 0 aliphatic heterocycles. The van der Waals surface area contributed by atoms with Crippen molar-refractivity contribution in [3.8, 4) is 0 Å². The van der Waals surface area contributed by atoms with Gasteiger partial charge in [-0.05, 0) is 39.9 Å². The molecule has 0 bridgehead atoms. The molecule has 0 heterocycles. The molecule has 0 aromatic heterocycles. The molecule has 0 atom stereocenters. The van der Waals surface area contributed by atoms with Gasteiger partial charge in [0.1, 0.15) is 5.82 Å². The summed E-state index contributed by atoms with van der Waals surface area (Å²) in [6.07, 6.45) is 0. The highest BCUT2D eigenvalue weighted by molar-refractivity contribution is 8.21. The summed E-state index contributed by atoms with van der Waals surface area (Å²) in [7, 11) is 7.49. The van der Waals surface area contributed by atoms with Crippen LogP contribution in [0.15, 0.2) is 23.1 Å². The molecular formula is C8H6ClFO2S. The molecule has 70 valence electrons. The second-order valence-electron chi connectivity index (χ2n) is 2.21. The van der Waals surface area contributed by atoms with Crippen molar-refractivity contribution in [3.63, 3.8) is 0 Å². The number of carbonyl (C=O) groups excluding carboxylic acids is 1. The highest BCUT2D eigenvalue weighted by Gasteiger charge is 2.12. The number of halogens is 2. The van der Waals surface area contributed by atoms with Crippen molar-refractivity contribution in [2.45, 2.75) is 4.90 Å². The van der Waals surface area contributed by atoms with Crippen molar-refractivity contribution < 1.29 is 13.9 Å². The van der Waals surface area contributed by atoms with Crippen molar-refractivity contribution >= 4 is 27.6 Å². The summed E-state index contributed by atoms with van der Waals surface area (Å²) >= 11 is 0. The Kier molecular flexibility index (Phi) is 3.57. The van der Waals surface area contributed by atoms with Crippen molar-refractivity contribution in [2.75, 3.05) is 7.11 Å². The number of hydrogen-bond donors (Lipinski definition) is 0. The van der Waals surface area contributed by atoms with E-state index in [1.807, 2.05) is 0 Å². The molecule has 1 rings (SSSR count). The maximum Gasteiger partial charge on any atom is 0.339 e. The third-order valence-corrected chi connectivity index (χ3v) is 2.43. The van der Waals surface area contributed by atoms with Gasteiger partial charge in [-0.3, -0.25) is 0 Å². The van der Waals surface area contributed by atoms with Crippen LogP contribution in [-0.2, 0) is 4.74 Å². The quantitative estimate of drug-likeness (QED) is 0.717. The smallest absolute Gasteiger partial charge is 0.339 e. The zero-order valence-corrected chi connectivity index (χ0v) is 8.29. The van der Waals surface area contributed by atoms with Crippen LogP contribution in [0.3, 0.4) is 0 Å². The van der Waals surface area contributed by atoms with Crippen LogP contribution in [0.25, 0.3) is 0 Å². The van der Waals surface area contributed by atoms with Crippen LogP contribution in [0.4, 0.5) is 4.39 Å². The van der Waals surface area contributed by atoms with E-state index in [-0.39, 0.29) is 5.56 Å². The van der Waals surface area contributed by atoms with Gasteiger partial charge in [0, 0.05) is 4.90 Å². The van der Waals surface area contributed by atoms with Gasteiger partial charge in [0.25, 0.3) is 0 Å². The topological polar surface area (TPSA) is 26.3 Å². The third-order valence-electron chi connectivity index (χ3n) is 1.43. The van der Waals surface area contributed by atoms with E-state index in [1.54, 1.807) is 0 Å². The molecule has 1 aromatic rings. The molecule has 0 saturated carbocycles. The van der Waals surface area contributed by atoms with Gasteiger partial charge in [-0.2, -0.15) is 0 Å². The fourth-order valence-electron chi connectivity index (χ4n) is 0.839. The lowest BCUT2D eigenvalue weighted by molar-refractivity contribution is 0.0597. The molecule has 2 nitrogen and oxygen atoms in total. The first kappa shape index (κ1) is 10.3. The number of methoxy groups -OCH3 is 1. The zero-order chi connectivity index (χ0) is 9.84. The molecule has 13 heavy (non-hydrogen) atoms. The largest absolute Gasteiger partial charge is 0.465 e. The monoisotopic (exact) mass is 220 g/mol. The second kappa shape index (κ2) is 4.48. The Labute approximate surface area is 83.5 Å². The van der Waals surface area contributed by atoms with Gasteiger partial charge >= 0.3 is 5.97 Å². The molecule has 1 aromatic carbocycles. The zero-order valence-electron chi connectivity index (χ0n) is 6.71. The minimum atomic E-state index is -0.525. The Morgan fingerprint density at radius 2 is 2.31 bits per heavy atom. The fraction of sp³-hybridized carbons (Fsp3) is 0.125. The summed E-state index contributed by atoms with van der Waals surface area (Å²) in [5, 5.41) is 0. The van der Waals surface area contributed by atoms with Gasteiger partial charge in [0.2, 0.25) is 0 Å². The first-order valence-corrected chi connectivity index (χ1v) is 4.99. The highest BCUT2D eigenvalue weighted by atomic mass is 35.7. The lowest BCUT2D eigenvalue weighted by Crippen LogP contribution is -2.02. The summed E-state index contributed by atoms with van der Waals surface area (Å²) in [4.78, 5) is 11.4. The van der Waals surface area contributed by atoms with E-state index < -0.39 is 11.8 Å². The molecule has 0 unspecified atom stereocenters. The average molecular weight is 221 g/mol. The van der Waals surface area contributed by atoms with Crippen molar-refractivity contribution in [2.24, 2.45) is 0 Å². The van der Waals surface area contributed by atoms with Gasteiger partial charge in [-0.1, -0.05) is 0 Å². The summed E-state index contributed by atoms with van der Waals surface area (Å²) in [5.41, 5.74) is 0.268. The number of hydrogen-bond acceptors (Lipinski definition) is 3. The SMILES string of the molecule is COC(=O)c1ccc(F)cc1SCl. The maximum atomic E-state index is 12.7. The molecule has 0 aliphatic carbocycles. The van der Waals surface area contributed by atoms with Crippen LogP contribution in [-0.4, -0.2) is 13.1 Å². The lowest BCUT2D eigenvalue weighted by atomic mass is 10.2. The first-order valence-electron chi connectivity index (χ1n) is 3.35. The summed E-state index contributed by atoms with van der Waals surface area (Å²) in [6, 6.07) is 3.71. The van der Waals surface area contributed by atoms with Crippen LogP contribution in [0.2, 0.25) is 0 Å². The van der Waals surface area contributed by atoms with Crippen LogP contribution >= 0.6 is 21.7 Å². The van der Waals surface area contributed by atoms with Gasteiger partial charge in [0.05, 0.1) is 12.7 Å². The minimum absolute atomic E-state index is 0.268. The number of esters is 1. The van der Waals surface area contributed by atoms with Gasteiger partial charge in [-0.15, -0.1) is 0 Å². The van der Waals surface area contributed by atoms with E-state index in [9.17, 15) is 9.18 Å². The Balaban J connectivity index is 3.13. The molecule has 0 radical (unpaired) electrons. The third kappa shape index (κ3) is 2.35. The van der Waals surface area contributed by atoms with Crippen LogP contribution in [0.1, 0.15) is 10.4 Å². The van der Waals surface area contributed by atoms with Gasteiger partial charge < -0.3 is 4.74 Å². The maximum absolute atomic E-state index is 12.7. The number of rotatable bonds is 2. The number of ether oxygens (including phenoxy) is 1. The highest BCUT2D eigenvalue weighted by Crippen LogP contribution is 2.27. The molecule has 0 spiro atoms. The van der Waals surface area contributed by atoms with Gasteiger partial charge in [-0.25, -0.2) is 9.18 Å². The Hall–Kier alpha value is -0.740. The Bertz CT molecular complexity index is 330. The molecule has 0 N–H and O–H groups in total. The normalized spacial score (nSPS) is 9.77. The molecule has 5 heteroatoms. The average Bonchev–Trinajstić information content (AvgIpc) is 2.16. The van der Waals surface area contributed by atoms with Crippen LogP contribution < -0.4 is 0 Å². The van der Waals surface area contributed by atoms with E-state index >= 15 is 0 Å². The van der Waals surface area contributed by atoms with Crippen molar-refractivity contribution in [3.05, 3.63) is 29.6 Å². The van der Waals surface area contributed by atoms with E-state index in [1.165, 1.54) is 25.3 Å². The van der Waals surface area contributed by atoms with Crippen LogP contribution in [0.5, 0.6) is 0 Å². The first-order chi connectivity index (χ1) is 6.19. The van der Waals surface area contributed by atoms with E-state index in [2.05, 4.69) is 4.74 Å².